The minimum absolute atomic E-state index is 0.174. The summed E-state index contributed by atoms with van der Waals surface area (Å²) < 4.78 is 44.9. The Bertz CT molecular complexity index is 813. The number of carbonyl (C=O) groups is 1. The zero-order chi connectivity index (χ0) is 20.1. The van der Waals surface area contributed by atoms with Crippen molar-refractivity contribution in [2.75, 3.05) is 29.9 Å². The van der Waals surface area contributed by atoms with Crippen LogP contribution < -0.4 is 15.0 Å². The van der Waals surface area contributed by atoms with Gasteiger partial charge in [0.15, 0.2) is 0 Å². The molecule has 150 valence electrons. The van der Waals surface area contributed by atoms with Gasteiger partial charge in [-0.1, -0.05) is 6.92 Å². The lowest BCUT2D eigenvalue weighted by Crippen LogP contribution is -2.22. The Morgan fingerprint density at radius 2 is 1.79 bits per heavy atom. The van der Waals surface area contributed by atoms with E-state index in [0.717, 1.165) is 44.5 Å². The Morgan fingerprint density at radius 3 is 2.39 bits per heavy atom. The third-order valence-electron chi connectivity index (χ3n) is 4.61. The molecule has 1 aliphatic heterocycles. The Balaban J connectivity index is 1.83. The van der Waals surface area contributed by atoms with Gasteiger partial charge in [0.2, 0.25) is 0 Å². The molecule has 4 nitrogen and oxygen atoms in total. The fourth-order valence-corrected chi connectivity index (χ4v) is 3.16. The molecule has 1 N–H and O–H groups in total. The summed E-state index contributed by atoms with van der Waals surface area (Å²) in [5.41, 5.74) is 0.359. The maximum absolute atomic E-state index is 13.1. The maximum Gasteiger partial charge on any atom is 0.416 e. The van der Waals surface area contributed by atoms with Crippen molar-refractivity contribution in [1.29, 1.82) is 0 Å². The highest BCUT2D eigenvalue weighted by molar-refractivity contribution is 6.06. The zero-order valence-electron chi connectivity index (χ0n) is 15.7. The van der Waals surface area contributed by atoms with E-state index in [1.807, 2.05) is 11.8 Å². The van der Waals surface area contributed by atoms with E-state index in [1.54, 1.807) is 24.3 Å². The Labute approximate surface area is 162 Å². The summed E-state index contributed by atoms with van der Waals surface area (Å²) in [6.45, 7) is 4.10. The molecule has 0 unspecified atom stereocenters. The van der Waals surface area contributed by atoms with Crippen LogP contribution >= 0.6 is 0 Å². The molecular weight excluding hydrogens is 369 g/mol. The first-order chi connectivity index (χ1) is 13.4. The molecule has 1 heterocycles. The smallest absolute Gasteiger partial charge is 0.416 e. The molecule has 3 rings (SSSR count). The Kier molecular flexibility index (Phi) is 6.11. The van der Waals surface area contributed by atoms with E-state index < -0.39 is 17.6 Å². The molecule has 0 atom stereocenters. The van der Waals surface area contributed by atoms with Gasteiger partial charge < -0.3 is 15.0 Å². The van der Waals surface area contributed by atoms with Crippen molar-refractivity contribution in [3.63, 3.8) is 0 Å². The van der Waals surface area contributed by atoms with Gasteiger partial charge in [-0.3, -0.25) is 4.79 Å². The fourth-order valence-electron chi connectivity index (χ4n) is 3.16. The average Bonchev–Trinajstić information content (AvgIpc) is 3.20. The highest BCUT2D eigenvalue weighted by atomic mass is 19.4. The summed E-state index contributed by atoms with van der Waals surface area (Å²) >= 11 is 0. The molecule has 0 bridgehead atoms. The van der Waals surface area contributed by atoms with Gasteiger partial charge in [0, 0.05) is 18.7 Å². The molecule has 0 spiro atoms. The number of rotatable bonds is 6. The number of anilines is 2. The SMILES string of the molecule is CCCOc1ccc(C(=O)Nc2cc(C(F)(F)F)ccc2N2CCCC2)cc1. The van der Waals surface area contributed by atoms with Crippen LogP contribution in [0.15, 0.2) is 42.5 Å². The van der Waals surface area contributed by atoms with Crippen LogP contribution in [0.25, 0.3) is 0 Å². The lowest BCUT2D eigenvalue weighted by Gasteiger charge is -2.23. The topological polar surface area (TPSA) is 41.6 Å². The van der Waals surface area contributed by atoms with Crippen molar-refractivity contribution in [2.45, 2.75) is 32.4 Å². The number of nitrogens with zero attached hydrogens (tertiary/aromatic N) is 1. The molecule has 28 heavy (non-hydrogen) atoms. The van der Waals surface area contributed by atoms with Crippen molar-refractivity contribution in [3.05, 3.63) is 53.6 Å². The minimum Gasteiger partial charge on any atom is -0.494 e. The summed E-state index contributed by atoms with van der Waals surface area (Å²) in [5.74, 6) is 0.192. The van der Waals surface area contributed by atoms with Gasteiger partial charge in [0.25, 0.3) is 5.91 Å². The van der Waals surface area contributed by atoms with Crippen LogP contribution in [0.2, 0.25) is 0 Å². The predicted octanol–water partition coefficient (Wildman–Crippen LogP) is 5.35. The van der Waals surface area contributed by atoms with Crippen molar-refractivity contribution >= 4 is 17.3 Å². The molecule has 2 aromatic carbocycles. The van der Waals surface area contributed by atoms with E-state index in [2.05, 4.69) is 5.32 Å². The Hall–Kier alpha value is -2.70. The molecule has 1 fully saturated rings. The summed E-state index contributed by atoms with van der Waals surface area (Å²) in [6, 6.07) is 10.1. The van der Waals surface area contributed by atoms with Crippen molar-refractivity contribution < 1.29 is 22.7 Å². The van der Waals surface area contributed by atoms with Gasteiger partial charge in [-0.2, -0.15) is 13.2 Å². The minimum atomic E-state index is -4.47. The first-order valence-corrected chi connectivity index (χ1v) is 9.39. The highest BCUT2D eigenvalue weighted by Gasteiger charge is 2.32. The molecule has 1 amide bonds. The van der Waals surface area contributed by atoms with Crippen molar-refractivity contribution in [2.24, 2.45) is 0 Å². The lowest BCUT2D eigenvalue weighted by molar-refractivity contribution is -0.137. The van der Waals surface area contributed by atoms with Crippen LogP contribution in [0, 0.1) is 0 Å². The lowest BCUT2D eigenvalue weighted by atomic mass is 10.1. The van der Waals surface area contributed by atoms with Crippen LogP contribution in [0.4, 0.5) is 24.5 Å². The van der Waals surface area contributed by atoms with Gasteiger partial charge in [-0.15, -0.1) is 0 Å². The molecule has 1 saturated heterocycles. The standard InChI is InChI=1S/C21H23F3N2O2/c1-2-13-28-17-8-5-15(6-9-17)20(27)25-18-14-16(21(22,23)24)7-10-19(18)26-11-3-4-12-26/h5-10,14H,2-4,11-13H2,1H3,(H,25,27). The molecule has 2 aromatic rings. The van der Waals surface area contributed by atoms with Crippen LogP contribution in [0.1, 0.15) is 42.1 Å². The molecular formula is C21H23F3N2O2. The quantitative estimate of drug-likeness (QED) is 0.721. The second-order valence-electron chi connectivity index (χ2n) is 6.75. The van der Waals surface area contributed by atoms with Gasteiger partial charge in [-0.25, -0.2) is 0 Å². The number of halogens is 3. The number of amides is 1. The first kappa shape index (κ1) is 20.0. The van der Waals surface area contributed by atoms with Crippen molar-refractivity contribution in [3.8, 4) is 5.75 Å². The third kappa shape index (κ3) is 4.77. The number of alkyl halides is 3. The normalized spacial score (nSPS) is 14.2. The fraction of sp³-hybridized carbons (Fsp3) is 0.381. The second-order valence-corrected chi connectivity index (χ2v) is 6.75. The number of carbonyl (C=O) groups excluding carboxylic acids is 1. The van der Waals surface area contributed by atoms with E-state index in [9.17, 15) is 18.0 Å². The maximum atomic E-state index is 13.1. The molecule has 0 aromatic heterocycles. The molecule has 0 aliphatic carbocycles. The van der Waals surface area contributed by atoms with Gasteiger partial charge in [0.1, 0.15) is 5.75 Å². The molecule has 7 heteroatoms. The van der Waals surface area contributed by atoms with Crippen LogP contribution in [-0.4, -0.2) is 25.6 Å². The van der Waals surface area contributed by atoms with Gasteiger partial charge in [-0.05, 0) is 61.7 Å². The summed E-state index contributed by atoms with van der Waals surface area (Å²) in [6.07, 6.45) is -1.64. The van der Waals surface area contributed by atoms with E-state index in [0.29, 0.717) is 23.6 Å². The molecule has 0 radical (unpaired) electrons. The summed E-state index contributed by atoms with van der Waals surface area (Å²) in [4.78, 5) is 14.6. The van der Waals surface area contributed by atoms with Crippen LogP contribution in [0.5, 0.6) is 5.75 Å². The molecule has 1 aliphatic rings. The Morgan fingerprint density at radius 1 is 1.11 bits per heavy atom. The van der Waals surface area contributed by atoms with Crippen molar-refractivity contribution in [1.82, 2.24) is 0 Å². The number of hydrogen-bond donors (Lipinski definition) is 1. The number of ether oxygens (including phenoxy) is 1. The van der Waals surface area contributed by atoms with Gasteiger partial charge in [0.05, 0.1) is 23.5 Å². The van der Waals surface area contributed by atoms with E-state index in [4.69, 9.17) is 4.74 Å². The van der Waals surface area contributed by atoms with E-state index in [1.165, 1.54) is 6.07 Å². The number of benzene rings is 2. The summed E-state index contributed by atoms with van der Waals surface area (Å²) in [5, 5.41) is 2.66. The van der Waals surface area contributed by atoms with E-state index >= 15 is 0 Å². The summed E-state index contributed by atoms with van der Waals surface area (Å²) in [7, 11) is 0. The largest absolute Gasteiger partial charge is 0.494 e. The highest BCUT2D eigenvalue weighted by Crippen LogP contribution is 2.36. The zero-order valence-corrected chi connectivity index (χ0v) is 15.7. The van der Waals surface area contributed by atoms with Gasteiger partial charge >= 0.3 is 6.18 Å². The first-order valence-electron chi connectivity index (χ1n) is 9.39. The third-order valence-corrected chi connectivity index (χ3v) is 4.61. The second kappa shape index (κ2) is 8.54. The average molecular weight is 392 g/mol. The monoisotopic (exact) mass is 392 g/mol. The predicted molar refractivity (Wildman–Crippen MR) is 103 cm³/mol. The van der Waals surface area contributed by atoms with E-state index in [-0.39, 0.29) is 5.69 Å². The molecule has 0 saturated carbocycles. The number of nitrogens with one attached hydrogen (secondary N) is 1. The van der Waals surface area contributed by atoms with Crippen LogP contribution in [-0.2, 0) is 6.18 Å². The van der Waals surface area contributed by atoms with Crippen LogP contribution in [0.3, 0.4) is 0 Å². The number of hydrogen-bond acceptors (Lipinski definition) is 3.